The number of benzene rings is 1. The zero-order valence-electron chi connectivity index (χ0n) is 14.3. The van der Waals surface area contributed by atoms with Crippen molar-refractivity contribution in [3.63, 3.8) is 0 Å². The molecular weight excluding hydrogens is 367 g/mol. The normalized spacial score (nSPS) is 11.3. The van der Waals surface area contributed by atoms with Crippen molar-refractivity contribution in [2.24, 2.45) is 5.73 Å². The Morgan fingerprint density at radius 2 is 2.08 bits per heavy atom. The molecule has 4 N–H and O–H groups in total. The maximum Gasteiger partial charge on any atom is 0.434 e. The molecule has 0 radical (unpaired) electrons. The number of carbonyl (C=O) groups is 2. The molecule has 0 atom stereocenters. The van der Waals surface area contributed by atoms with E-state index < -0.39 is 30.0 Å². The van der Waals surface area contributed by atoms with Crippen molar-refractivity contribution in [3.8, 4) is 11.3 Å². The summed E-state index contributed by atoms with van der Waals surface area (Å²) in [5.41, 5.74) is 5.07. The number of hydrogen-bond acceptors (Lipinski definition) is 5. The second-order valence-corrected chi connectivity index (χ2v) is 6.86. The Bertz CT molecular complexity index is 847. The topological polar surface area (TPSA) is 122 Å². The van der Waals surface area contributed by atoms with Crippen LogP contribution in [0.2, 0.25) is 5.02 Å². The van der Waals surface area contributed by atoms with Gasteiger partial charge < -0.3 is 10.5 Å². The molecule has 0 bridgehead atoms. The first kappa shape index (κ1) is 19.7. The van der Waals surface area contributed by atoms with Crippen LogP contribution in [0.1, 0.15) is 36.8 Å². The standard InChI is InChI=1S/C16H18ClFN4O4/c1-16(2,3)26-15(24)22(25)7-11-12(14(19)23)13(21-20-11)8-4-5-10(18)9(17)6-8/h4-6,25H,7H2,1-3H3,(H2,19,23)(H,20,21). The van der Waals surface area contributed by atoms with Gasteiger partial charge in [-0.15, -0.1) is 0 Å². The first-order valence-electron chi connectivity index (χ1n) is 7.51. The maximum absolute atomic E-state index is 13.3. The number of ether oxygens (including phenoxy) is 1. The summed E-state index contributed by atoms with van der Waals surface area (Å²) in [6.07, 6.45) is -1.01. The number of nitrogens with two attached hydrogens (primary N) is 1. The number of rotatable bonds is 4. The van der Waals surface area contributed by atoms with E-state index >= 15 is 0 Å². The first-order chi connectivity index (χ1) is 12.0. The Kier molecular flexibility index (Phi) is 5.53. The van der Waals surface area contributed by atoms with E-state index in [1.807, 2.05) is 0 Å². The predicted molar refractivity (Wildman–Crippen MR) is 91.1 cm³/mol. The Morgan fingerprint density at radius 1 is 1.42 bits per heavy atom. The largest absolute Gasteiger partial charge is 0.442 e. The maximum atomic E-state index is 13.3. The van der Waals surface area contributed by atoms with Crippen molar-refractivity contribution >= 4 is 23.6 Å². The van der Waals surface area contributed by atoms with Crippen molar-refractivity contribution in [2.75, 3.05) is 0 Å². The summed E-state index contributed by atoms with van der Waals surface area (Å²) >= 11 is 5.75. The molecule has 0 fully saturated rings. The molecule has 140 valence electrons. The van der Waals surface area contributed by atoms with Crippen LogP contribution in [0.5, 0.6) is 0 Å². The molecule has 1 aromatic carbocycles. The minimum atomic E-state index is -1.01. The molecule has 0 aliphatic carbocycles. The van der Waals surface area contributed by atoms with Gasteiger partial charge in [-0.2, -0.15) is 10.2 Å². The highest BCUT2D eigenvalue weighted by atomic mass is 35.5. The van der Waals surface area contributed by atoms with Crippen molar-refractivity contribution in [1.29, 1.82) is 0 Å². The van der Waals surface area contributed by atoms with Gasteiger partial charge in [0, 0.05) is 5.56 Å². The third-order valence-corrected chi connectivity index (χ3v) is 3.48. The summed E-state index contributed by atoms with van der Waals surface area (Å²) in [7, 11) is 0. The highest BCUT2D eigenvalue weighted by Gasteiger charge is 2.26. The van der Waals surface area contributed by atoms with Crippen LogP contribution in [0.15, 0.2) is 18.2 Å². The number of amides is 2. The molecule has 1 aromatic heterocycles. The van der Waals surface area contributed by atoms with Gasteiger partial charge in [-0.05, 0) is 39.0 Å². The van der Waals surface area contributed by atoms with Crippen LogP contribution >= 0.6 is 11.6 Å². The van der Waals surface area contributed by atoms with Crippen molar-refractivity contribution < 1.29 is 23.9 Å². The number of carbonyl (C=O) groups excluding carboxylic acids is 2. The van der Waals surface area contributed by atoms with Gasteiger partial charge in [0.25, 0.3) is 5.91 Å². The van der Waals surface area contributed by atoms with Gasteiger partial charge in [0.2, 0.25) is 0 Å². The van der Waals surface area contributed by atoms with Crippen LogP contribution in [-0.2, 0) is 11.3 Å². The fourth-order valence-corrected chi connectivity index (χ4v) is 2.32. The Hall–Kier alpha value is -2.65. The lowest BCUT2D eigenvalue weighted by Crippen LogP contribution is -2.34. The van der Waals surface area contributed by atoms with Gasteiger partial charge >= 0.3 is 6.09 Å². The van der Waals surface area contributed by atoms with Crippen LogP contribution in [0.4, 0.5) is 9.18 Å². The summed E-state index contributed by atoms with van der Waals surface area (Å²) in [6.45, 7) is 4.50. The van der Waals surface area contributed by atoms with Crippen molar-refractivity contribution in [2.45, 2.75) is 32.9 Å². The van der Waals surface area contributed by atoms with Gasteiger partial charge in [0.15, 0.2) is 0 Å². The minimum Gasteiger partial charge on any atom is -0.442 e. The molecule has 0 aliphatic heterocycles. The van der Waals surface area contributed by atoms with Gasteiger partial charge in [0.1, 0.15) is 17.1 Å². The predicted octanol–water partition coefficient (Wildman–Crippen LogP) is 3.09. The van der Waals surface area contributed by atoms with Crippen LogP contribution < -0.4 is 5.73 Å². The van der Waals surface area contributed by atoms with E-state index in [2.05, 4.69) is 10.2 Å². The van der Waals surface area contributed by atoms with E-state index in [0.717, 1.165) is 6.07 Å². The van der Waals surface area contributed by atoms with E-state index in [1.54, 1.807) is 20.8 Å². The molecule has 8 nitrogen and oxygen atoms in total. The number of aromatic nitrogens is 2. The van der Waals surface area contributed by atoms with E-state index in [4.69, 9.17) is 22.1 Å². The van der Waals surface area contributed by atoms with Crippen molar-refractivity contribution in [1.82, 2.24) is 15.3 Å². The Morgan fingerprint density at radius 3 is 2.62 bits per heavy atom. The summed E-state index contributed by atoms with van der Waals surface area (Å²) in [6, 6.07) is 3.78. The summed E-state index contributed by atoms with van der Waals surface area (Å²) in [5.74, 6) is -1.47. The first-order valence-corrected chi connectivity index (χ1v) is 7.89. The lowest BCUT2D eigenvalue weighted by Gasteiger charge is -2.23. The second-order valence-electron chi connectivity index (χ2n) is 6.46. The quantitative estimate of drug-likeness (QED) is 0.552. The van der Waals surface area contributed by atoms with E-state index in [0.29, 0.717) is 5.56 Å². The number of halogens is 2. The van der Waals surface area contributed by atoms with E-state index in [-0.39, 0.29) is 27.0 Å². The average Bonchev–Trinajstić information content (AvgIpc) is 2.92. The minimum absolute atomic E-state index is 0.0599. The van der Waals surface area contributed by atoms with Crippen LogP contribution in [0.25, 0.3) is 11.3 Å². The third-order valence-electron chi connectivity index (χ3n) is 3.19. The van der Waals surface area contributed by atoms with E-state index in [9.17, 15) is 19.2 Å². The molecule has 2 aromatic rings. The molecule has 0 saturated carbocycles. The lowest BCUT2D eigenvalue weighted by atomic mass is 10.1. The Balaban J connectivity index is 2.33. The highest BCUT2D eigenvalue weighted by Crippen LogP contribution is 2.28. The average molecular weight is 385 g/mol. The molecule has 0 spiro atoms. The van der Waals surface area contributed by atoms with E-state index in [1.165, 1.54) is 12.1 Å². The van der Waals surface area contributed by atoms with Gasteiger partial charge in [-0.1, -0.05) is 11.6 Å². The lowest BCUT2D eigenvalue weighted by molar-refractivity contribution is -0.100. The number of nitrogens with zero attached hydrogens (tertiary/aromatic N) is 2. The third kappa shape index (κ3) is 4.50. The number of primary amides is 1. The smallest absolute Gasteiger partial charge is 0.434 e. The van der Waals surface area contributed by atoms with Gasteiger partial charge in [0.05, 0.1) is 22.8 Å². The molecule has 2 amide bonds. The monoisotopic (exact) mass is 384 g/mol. The molecule has 0 saturated heterocycles. The molecule has 26 heavy (non-hydrogen) atoms. The number of H-pyrrole nitrogens is 1. The Labute approximate surface area is 153 Å². The van der Waals surface area contributed by atoms with Gasteiger partial charge in [-0.3, -0.25) is 15.1 Å². The van der Waals surface area contributed by atoms with Crippen LogP contribution in [0.3, 0.4) is 0 Å². The van der Waals surface area contributed by atoms with Crippen LogP contribution in [-0.4, -0.2) is 38.1 Å². The molecule has 2 rings (SSSR count). The summed E-state index contributed by atoms with van der Waals surface area (Å²) in [4.78, 5) is 23.7. The number of hydrogen-bond donors (Lipinski definition) is 3. The number of aromatic amines is 1. The highest BCUT2D eigenvalue weighted by molar-refractivity contribution is 6.31. The molecule has 1 heterocycles. The van der Waals surface area contributed by atoms with Crippen LogP contribution in [0, 0.1) is 5.82 Å². The SMILES string of the molecule is CC(C)(C)OC(=O)N(O)Cc1[nH]nc(-c2ccc(F)c(Cl)c2)c1C(N)=O. The zero-order chi connectivity index (χ0) is 19.6. The number of nitrogens with one attached hydrogen (secondary N) is 1. The summed E-state index contributed by atoms with van der Waals surface area (Å²) in [5, 5.41) is 16.5. The molecule has 10 heteroatoms. The molecular formula is C16H18ClFN4O4. The summed E-state index contributed by atoms with van der Waals surface area (Å²) < 4.78 is 18.4. The zero-order valence-corrected chi connectivity index (χ0v) is 15.1. The molecule has 0 aliphatic rings. The second kappa shape index (κ2) is 7.30. The molecule has 0 unspecified atom stereocenters. The number of hydroxylamine groups is 2. The van der Waals surface area contributed by atoms with Gasteiger partial charge in [-0.25, -0.2) is 9.18 Å². The fraction of sp³-hybridized carbons (Fsp3) is 0.312. The fourth-order valence-electron chi connectivity index (χ4n) is 2.14. The van der Waals surface area contributed by atoms with Crippen molar-refractivity contribution in [3.05, 3.63) is 40.3 Å².